The lowest BCUT2D eigenvalue weighted by atomic mass is 9.79. The van der Waals surface area contributed by atoms with Gasteiger partial charge in [-0.25, -0.2) is 0 Å². The second-order valence-corrected chi connectivity index (χ2v) is 6.40. The molecule has 1 aliphatic heterocycles. The molecule has 0 aromatic rings. The lowest BCUT2D eigenvalue weighted by Gasteiger charge is -2.54. The summed E-state index contributed by atoms with van der Waals surface area (Å²) in [6.45, 7) is 9.38. The first-order valence-corrected chi connectivity index (χ1v) is 6.34. The predicted octanol–water partition coefficient (Wildman–Crippen LogP) is 1.52. The maximum Gasteiger partial charge on any atom is 0.673 e. The van der Waals surface area contributed by atoms with Crippen LogP contribution in [0.1, 0.15) is 47.5 Å². The number of amides is 1. The molecule has 0 aromatic heterocycles. The summed E-state index contributed by atoms with van der Waals surface area (Å²) >= 11 is 0. The minimum atomic E-state index is -6.00. The highest BCUT2D eigenvalue weighted by atomic mass is 19.5. The van der Waals surface area contributed by atoms with Gasteiger partial charge in [0.25, 0.3) is 0 Å². The topological polar surface area (TPSA) is 56.6 Å². The fraction of sp³-hybridized carbons (Fsp3) is 0.909. The number of carbonyl (C=O) groups is 1. The Balaban J connectivity index is 0.000000621. The van der Waals surface area contributed by atoms with Gasteiger partial charge in [-0.1, -0.05) is 0 Å². The molecule has 20 heavy (non-hydrogen) atoms. The van der Waals surface area contributed by atoms with Gasteiger partial charge in [-0.15, -0.1) is 0 Å². The zero-order valence-electron chi connectivity index (χ0n) is 12.4. The molecule has 0 atom stereocenters. The van der Waals surface area contributed by atoms with Crippen molar-refractivity contribution in [3.8, 4) is 0 Å². The average Bonchev–Trinajstić information content (AvgIpc) is 2.08. The van der Waals surface area contributed by atoms with Gasteiger partial charge in [0.1, 0.15) is 0 Å². The first-order valence-electron chi connectivity index (χ1n) is 6.34. The third-order valence-electron chi connectivity index (χ3n) is 3.15. The van der Waals surface area contributed by atoms with E-state index in [4.69, 9.17) is 0 Å². The smallest absolute Gasteiger partial charge is 0.634 e. The summed E-state index contributed by atoms with van der Waals surface area (Å²) in [5.74, 6) is -0.0130. The highest BCUT2D eigenvalue weighted by Crippen LogP contribution is 2.23. The summed E-state index contributed by atoms with van der Waals surface area (Å²) in [6, 6.07) is 0.130. The minimum Gasteiger partial charge on any atom is -0.634 e. The van der Waals surface area contributed by atoms with E-state index < -0.39 is 7.25 Å². The standard InChI is InChI=1S/C11H22N2O2.BF4/c1-8(14)12-9-6-10(2,3)13(15)11(4,5)7-9;2-1(3,4)5/h9,13H,6-7H2,1-5H3,(H,12,14);/q;-1. The van der Waals surface area contributed by atoms with Crippen molar-refractivity contribution in [1.29, 1.82) is 0 Å². The van der Waals surface area contributed by atoms with Crippen LogP contribution in [0.25, 0.3) is 0 Å². The lowest BCUT2D eigenvalue weighted by Crippen LogP contribution is -3.23. The van der Waals surface area contributed by atoms with Gasteiger partial charge in [-0.3, -0.25) is 4.79 Å². The summed E-state index contributed by atoms with van der Waals surface area (Å²) in [6.07, 6.45) is 1.49. The maximum atomic E-state index is 12.1. The predicted molar refractivity (Wildman–Crippen MR) is 69.5 cm³/mol. The number of hydrogen-bond acceptors (Lipinski definition) is 2. The van der Waals surface area contributed by atoms with E-state index in [1.807, 2.05) is 27.7 Å². The molecule has 0 spiro atoms. The summed E-state index contributed by atoms with van der Waals surface area (Å²) < 4.78 is 39.0. The molecular formula is C11H22BF4N2O2-. The van der Waals surface area contributed by atoms with Crippen molar-refractivity contribution in [1.82, 2.24) is 5.32 Å². The second-order valence-electron chi connectivity index (χ2n) is 6.40. The molecule has 0 aliphatic carbocycles. The first-order chi connectivity index (χ1) is 8.65. The molecule has 4 nitrogen and oxygen atoms in total. The van der Waals surface area contributed by atoms with E-state index in [9.17, 15) is 27.3 Å². The van der Waals surface area contributed by atoms with Crippen LogP contribution in [-0.2, 0) is 4.79 Å². The van der Waals surface area contributed by atoms with Gasteiger partial charge in [0.2, 0.25) is 5.91 Å². The Morgan fingerprint density at radius 1 is 1.15 bits per heavy atom. The molecule has 1 amide bonds. The van der Waals surface area contributed by atoms with E-state index in [0.717, 1.165) is 12.8 Å². The van der Waals surface area contributed by atoms with Crippen molar-refractivity contribution < 1.29 is 27.1 Å². The first kappa shape index (κ1) is 19.2. The Bertz CT molecular complexity index is 324. The van der Waals surface area contributed by atoms with Crippen LogP contribution in [0.15, 0.2) is 0 Å². The Morgan fingerprint density at radius 3 is 1.70 bits per heavy atom. The van der Waals surface area contributed by atoms with E-state index in [0.29, 0.717) is 5.06 Å². The molecule has 120 valence electrons. The third kappa shape index (κ3) is 7.09. The average molecular weight is 301 g/mol. The van der Waals surface area contributed by atoms with E-state index in [-0.39, 0.29) is 23.0 Å². The summed E-state index contributed by atoms with van der Waals surface area (Å²) in [5.41, 5.74) is -0.649. The van der Waals surface area contributed by atoms with Gasteiger partial charge in [0.15, 0.2) is 0 Å². The van der Waals surface area contributed by atoms with Gasteiger partial charge in [0.05, 0.1) is 11.1 Å². The van der Waals surface area contributed by atoms with Crippen molar-refractivity contribution in [2.24, 2.45) is 0 Å². The Labute approximate surface area is 116 Å². The number of carbonyl (C=O) groups excluding carboxylic acids is 1. The normalized spacial score (nSPS) is 28.1. The van der Waals surface area contributed by atoms with E-state index in [1.54, 1.807) is 0 Å². The Hall–Kier alpha value is -0.825. The largest absolute Gasteiger partial charge is 0.673 e. The van der Waals surface area contributed by atoms with Gasteiger partial charge >= 0.3 is 7.25 Å². The molecular weight excluding hydrogens is 279 g/mol. The summed E-state index contributed by atoms with van der Waals surface area (Å²) in [5, 5.41) is 15.3. The highest BCUT2D eigenvalue weighted by molar-refractivity contribution is 6.50. The zero-order valence-corrected chi connectivity index (χ0v) is 12.4. The van der Waals surface area contributed by atoms with E-state index in [1.165, 1.54) is 6.92 Å². The van der Waals surface area contributed by atoms with Crippen LogP contribution in [0.5, 0.6) is 0 Å². The number of rotatable bonds is 1. The third-order valence-corrected chi connectivity index (χ3v) is 3.15. The van der Waals surface area contributed by atoms with Gasteiger partial charge in [-0.2, -0.15) is 0 Å². The highest BCUT2D eigenvalue weighted by Gasteiger charge is 2.45. The Kier molecular flexibility index (Phi) is 6.04. The SMILES string of the molecule is CC(=O)NC1CC(C)(C)[NH+]([O-])C(C)(C)C1.F[B-](F)(F)F. The van der Waals surface area contributed by atoms with Crippen LogP contribution >= 0.6 is 0 Å². The van der Waals surface area contributed by atoms with Crippen molar-refractivity contribution in [3.05, 3.63) is 5.21 Å². The molecule has 0 bridgehead atoms. The van der Waals surface area contributed by atoms with Gasteiger partial charge in [0, 0.05) is 25.8 Å². The van der Waals surface area contributed by atoms with E-state index in [2.05, 4.69) is 5.32 Å². The van der Waals surface area contributed by atoms with Gasteiger partial charge in [-0.05, 0) is 27.7 Å². The maximum absolute atomic E-state index is 12.1. The number of quaternary nitrogens is 1. The molecule has 1 saturated heterocycles. The molecule has 0 radical (unpaired) electrons. The fourth-order valence-corrected chi connectivity index (χ4v) is 2.80. The zero-order chi connectivity index (χ0) is 16.4. The molecule has 0 saturated carbocycles. The molecule has 1 heterocycles. The molecule has 2 N–H and O–H groups in total. The van der Waals surface area contributed by atoms with Crippen LogP contribution in [0.2, 0.25) is 0 Å². The molecule has 9 heteroatoms. The van der Waals surface area contributed by atoms with Crippen molar-refractivity contribution in [2.75, 3.05) is 0 Å². The fourth-order valence-electron chi connectivity index (χ4n) is 2.80. The van der Waals surface area contributed by atoms with Crippen LogP contribution in [0.3, 0.4) is 0 Å². The minimum absolute atomic E-state index is 0.0130. The van der Waals surface area contributed by atoms with Crippen molar-refractivity contribution in [3.63, 3.8) is 0 Å². The van der Waals surface area contributed by atoms with Crippen LogP contribution in [0.4, 0.5) is 17.3 Å². The molecule has 0 unspecified atom stereocenters. The molecule has 1 fully saturated rings. The van der Waals surface area contributed by atoms with Crippen LogP contribution < -0.4 is 10.4 Å². The van der Waals surface area contributed by atoms with Crippen molar-refractivity contribution >= 4 is 13.2 Å². The number of piperidine rings is 1. The molecule has 0 aromatic carbocycles. The van der Waals surface area contributed by atoms with Gasteiger partial charge < -0.3 is 32.8 Å². The molecule has 1 rings (SSSR count). The number of halogens is 4. The summed E-state index contributed by atoms with van der Waals surface area (Å²) in [7, 11) is -6.00. The molecule has 1 aliphatic rings. The van der Waals surface area contributed by atoms with Crippen molar-refractivity contribution in [2.45, 2.75) is 64.6 Å². The summed E-state index contributed by atoms with van der Waals surface area (Å²) in [4.78, 5) is 11.0. The van der Waals surface area contributed by atoms with Crippen LogP contribution in [0, 0.1) is 5.21 Å². The van der Waals surface area contributed by atoms with E-state index >= 15 is 0 Å². The number of nitrogens with one attached hydrogen (secondary N) is 2. The quantitative estimate of drug-likeness (QED) is 0.438. The Morgan fingerprint density at radius 2 is 1.45 bits per heavy atom. The second kappa shape index (κ2) is 6.30. The van der Waals surface area contributed by atoms with Crippen LogP contribution in [-0.4, -0.2) is 30.3 Å². The monoisotopic (exact) mass is 301 g/mol. The lowest BCUT2D eigenvalue weighted by molar-refractivity contribution is -0.955. The number of hydroxylamine groups is 2. The number of hydrogen-bond donors (Lipinski definition) is 2.